The molecular weight excluding hydrogens is 200 g/mol. The molecule has 0 rings (SSSR count). The summed E-state index contributed by atoms with van der Waals surface area (Å²) in [6, 6.07) is 0.599. The highest BCUT2D eigenvalue weighted by Crippen LogP contribution is 1.96. The first-order chi connectivity index (χ1) is 7.70. The van der Waals surface area contributed by atoms with Crippen LogP contribution in [0.1, 0.15) is 26.2 Å². The first-order valence-corrected chi connectivity index (χ1v) is 6.22. The number of likely N-dealkylation sites (N-methyl/N-ethyl adjacent to an activating group) is 1. The molecule has 3 heteroatoms. The van der Waals surface area contributed by atoms with Gasteiger partial charge < -0.3 is 15.0 Å². The molecule has 0 aliphatic rings. The number of ether oxygens (including phenoxy) is 1. The Hall–Kier alpha value is -0.380. The van der Waals surface area contributed by atoms with Crippen molar-refractivity contribution in [3.63, 3.8) is 0 Å². The van der Waals surface area contributed by atoms with Gasteiger partial charge in [-0.2, -0.15) is 0 Å². The smallest absolute Gasteiger partial charge is 0.0589 e. The number of methoxy groups -OCH3 is 1. The first-order valence-electron chi connectivity index (χ1n) is 6.22. The molecule has 0 aliphatic carbocycles. The van der Waals surface area contributed by atoms with Crippen molar-refractivity contribution in [3.05, 3.63) is 12.7 Å². The number of allylic oxidation sites excluding steroid dienone is 1. The Bertz CT molecular complexity index is 162. The van der Waals surface area contributed by atoms with Gasteiger partial charge in [0.1, 0.15) is 0 Å². The van der Waals surface area contributed by atoms with Crippen LogP contribution in [-0.4, -0.2) is 51.3 Å². The Kier molecular flexibility index (Phi) is 10.9. The van der Waals surface area contributed by atoms with Crippen LogP contribution in [0.15, 0.2) is 12.7 Å². The van der Waals surface area contributed by atoms with Crippen molar-refractivity contribution < 1.29 is 4.74 Å². The lowest BCUT2D eigenvalue weighted by Crippen LogP contribution is -2.30. The topological polar surface area (TPSA) is 24.5 Å². The fourth-order valence-corrected chi connectivity index (χ4v) is 1.53. The predicted octanol–water partition coefficient (Wildman–Crippen LogP) is 1.90. The molecule has 3 nitrogen and oxygen atoms in total. The lowest BCUT2D eigenvalue weighted by molar-refractivity contribution is 0.160. The summed E-state index contributed by atoms with van der Waals surface area (Å²) in [6.45, 7) is 10.0. The molecule has 0 amide bonds. The van der Waals surface area contributed by atoms with Crippen molar-refractivity contribution >= 4 is 0 Å². The van der Waals surface area contributed by atoms with Gasteiger partial charge >= 0.3 is 0 Å². The zero-order valence-corrected chi connectivity index (χ0v) is 11.2. The third kappa shape index (κ3) is 10.1. The number of nitrogens with zero attached hydrogens (tertiary/aromatic N) is 1. The Morgan fingerprint density at radius 3 is 2.81 bits per heavy atom. The highest BCUT2D eigenvalue weighted by Gasteiger charge is 2.00. The van der Waals surface area contributed by atoms with E-state index in [0.717, 1.165) is 32.7 Å². The molecule has 0 heterocycles. The third-order valence-electron chi connectivity index (χ3n) is 2.69. The largest absolute Gasteiger partial charge is 0.383 e. The van der Waals surface area contributed by atoms with Gasteiger partial charge in [-0.25, -0.2) is 0 Å². The van der Waals surface area contributed by atoms with E-state index < -0.39 is 0 Å². The van der Waals surface area contributed by atoms with E-state index >= 15 is 0 Å². The molecule has 1 unspecified atom stereocenters. The summed E-state index contributed by atoms with van der Waals surface area (Å²) in [6.07, 6.45) is 5.46. The maximum Gasteiger partial charge on any atom is 0.0589 e. The maximum absolute atomic E-state index is 5.03. The Morgan fingerprint density at radius 1 is 1.44 bits per heavy atom. The summed E-state index contributed by atoms with van der Waals surface area (Å²) in [5, 5.41) is 3.52. The van der Waals surface area contributed by atoms with Crippen molar-refractivity contribution in [2.24, 2.45) is 0 Å². The molecule has 0 aromatic rings. The van der Waals surface area contributed by atoms with Crippen molar-refractivity contribution in [2.75, 3.05) is 40.4 Å². The summed E-state index contributed by atoms with van der Waals surface area (Å²) in [5.41, 5.74) is 0. The van der Waals surface area contributed by atoms with E-state index in [2.05, 4.69) is 30.8 Å². The molecule has 0 aromatic heterocycles. The fourth-order valence-electron chi connectivity index (χ4n) is 1.53. The van der Waals surface area contributed by atoms with Crippen molar-refractivity contribution in [1.29, 1.82) is 0 Å². The lowest BCUT2D eigenvalue weighted by Gasteiger charge is -2.17. The van der Waals surface area contributed by atoms with Crippen molar-refractivity contribution in [2.45, 2.75) is 32.2 Å². The van der Waals surface area contributed by atoms with Gasteiger partial charge in [0, 0.05) is 19.7 Å². The van der Waals surface area contributed by atoms with Gasteiger partial charge in [-0.3, -0.25) is 0 Å². The van der Waals surface area contributed by atoms with Crippen LogP contribution in [0, 0.1) is 0 Å². The van der Waals surface area contributed by atoms with Crippen LogP contribution in [0.2, 0.25) is 0 Å². The van der Waals surface area contributed by atoms with Crippen LogP contribution >= 0.6 is 0 Å². The average molecular weight is 228 g/mol. The normalized spacial score (nSPS) is 13.0. The van der Waals surface area contributed by atoms with E-state index in [1.54, 1.807) is 7.11 Å². The molecule has 0 bridgehead atoms. The molecule has 0 saturated carbocycles. The summed E-state index contributed by atoms with van der Waals surface area (Å²) in [4.78, 5) is 2.31. The fraction of sp³-hybridized carbons (Fsp3) is 0.846. The Labute approximate surface area is 101 Å². The summed E-state index contributed by atoms with van der Waals surface area (Å²) < 4.78 is 5.03. The minimum Gasteiger partial charge on any atom is -0.383 e. The minimum absolute atomic E-state index is 0.599. The molecule has 0 fully saturated rings. The quantitative estimate of drug-likeness (QED) is 0.432. The monoisotopic (exact) mass is 228 g/mol. The molecule has 0 spiro atoms. The zero-order chi connectivity index (χ0) is 12.2. The SMILES string of the molecule is C=CCCC(C)NCCCN(C)CCOC. The van der Waals surface area contributed by atoms with Gasteiger partial charge in [-0.1, -0.05) is 6.08 Å². The summed E-state index contributed by atoms with van der Waals surface area (Å²) >= 11 is 0. The Morgan fingerprint density at radius 2 is 2.19 bits per heavy atom. The molecule has 16 heavy (non-hydrogen) atoms. The van der Waals surface area contributed by atoms with Crippen LogP contribution in [-0.2, 0) is 4.74 Å². The van der Waals surface area contributed by atoms with Gasteiger partial charge in [0.15, 0.2) is 0 Å². The highest BCUT2D eigenvalue weighted by atomic mass is 16.5. The standard InChI is InChI=1S/C13H28N2O/c1-5-6-8-13(2)14-9-7-10-15(3)11-12-16-4/h5,13-14H,1,6-12H2,2-4H3. The molecule has 1 atom stereocenters. The number of nitrogens with one attached hydrogen (secondary N) is 1. The number of hydrogen-bond acceptors (Lipinski definition) is 3. The van der Waals surface area contributed by atoms with E-state index in [0.29, 0.717) is 6.04 Å². The molecule has 0 radical (unpaired) electrons. The molecule has 0 saturated heterocycles. The molecule has 0 aliphatic heterocycles. The van der Waals surface area contributed by atoms with Gasteiger partial charge in [-0.15, -0.1) is 6.58 Å². The second kappa shape index (κ2) is 11.1. The van der Waals surface area contributed by atoms with E-state index in [1.807, 2.05) is 6.08 Å². The summed E-state index contributed by atoms with van der Waals surface area (Å²) in [7, 11) is 3.89. The summed E-state index contributed by atoms with van der Waals surface area (Å²) in [5.74, 6) is 0. The molecule has 1 N–H and O–H groups in total. The maximum atomic E-state index is 5.03. The molecular formula is C13H28N2O. The van der Waals surface area contributed by atoms with Crippen LogP contribution in [0.4, 0.5) is 0 Å². The van der Waals surface area contributed by atoms with Gasteiger partial charge in [-0.05, 0) is 46.3 Å². The molecule has 96 valence electrons. The second-order valence-corrected chi connectivity index (χ2v) is 4.37. The molecule has 0 aromatic carbocycles. The third-order valence-corrected chi connectivity index (χ3v) is 2.69. The van der Waals surface area contributed by atoms with Crippen LogP contribution in [0.3, 0.4) is 0 Å². The first kappa shape index (κ1) is 15.6. The number of rotatable bonds is 11. The van der Waals surface area contributed by atoms with Crippen LogP contribution in [0.5, 0.6) is 0 Å². The van der Waals surface area contributed by atoms with E-state index in [1.165, 1.54) is 12.8 Å². The van der Waals surface area contributed by atoms with Crippen LogP contribution < -0.4 is 5.32 Å². The van der Waals surface area contributed by atoms with Gasteiger partial charge in [0.25, 0.3) is 0 Å². The Balaban J connectivity index is 3.27. The van der Waals surface area contributed by atoms with Crippen molar-refractivity contribution in [3.8, 4) is 0 Å². The minimum atomic E-state index is 0.599. The highest BCUT2D eigenvalue weighted by molar-refractivity contribution is 4.71. The average Bonchev–Trinajstić information content (AvgIpc) is 2.29. The number of hydrogen-bond donors (Lipinski definition) is 1. The van der Waals surface area contributed by atoms with Crippen molar-refractivity contribution in [1.82, 2.24) is 10.2 Å². The predicted molar refractivity (Wildman–Crippen MR) is 70.9 cm³/mol. The zero-order valence-electron chi connectivity index (χ0n) is 11.2. The van der Waals surface area contributed by atoms with Gasteiger partial charge in [0.2, 0.25) is 0 Å². The van der Waals surface area contributed by atoms with Gasteiger partial charge in [0.05, 0.1) is 6.61 Å². The van der Waals surface area contributed by atoms with E-state index in [-0.39, 0.29) is 0 Å². The van der Waals surface area contributed by atoms with E-state index in [4.69, 9.17) is 4.74 Å². The van der Waals surface area contributed by atoms with E-state index in [9.17, 15) is 0 Å². The second-order valence-electron chi connectivity index (χ2n) is 4.37. The van der Waals surface area contributed by atoms with Crippen LogP contribution in [0.25, 0.3) is 0 Å². The lowest BCUT2D eigenvalue weighted by atomic mass is 10.2.